The predicted molar refractivity (Wildman–Crippen MR) is 120 cm³/mol. The molecule has 0 spiro atoms. The van der Waals surface area contributed by atoms with E-state index in [1.54, 1.807) is 13.8 Å². The number of nitrogens with two attached hydrogens (primary N) is 1. The number of carboxylic acids is 1. The lowest BCUT2D eigenvalue weighted by Gasteiger charge is -2.28. The van der Waals surface area contributed by atoms with Gasteiger partial charge in [-0.05, 0) is 25.2 Å². The van der Waals surface area contributed by atoms with E-state index >= 15 is 0 Å². The first-order valence-electron chi connectivity index (χ1n) is 10.9. The Hall–Kier alpha value is -2.99. The van der Waals surface area contributed by atoms with Gasteiger partial charge in [0.25, 0.3) is 0 Å². The van der Waals surface area contributed by atoms with Crippen LogP contribution in [0.4, 0.5) is 0 Å². The maximum absolute atomic E-state index is 12.8. The maximum atomic E-state index is 12.8. The monoisotopic (exact) mass is 468 g/mol. The molecule has 0 saturated carbocycles. The van der Waals surface area contributed by atoms with Gasteiger partial charge in [0.2, 0.25) is 17.7 Å². The van der Waals surface area contributed by atoms with Gasteiger partial charge in [-0.1, -0.05) is 27.7 Å². The zero-order chi connectivity index (χ0) is 25.3. The Bertz CT molecular complexity index is 795. The van der Waals surface area contributed by atoms with Gasteiger partial charge in [0.1, 0.15) is 18.1 Å². The lowest BCUT2D eigenvalue weighted by Crippen LogP contribution is -2.61. The Labute approximate surface area is 193 Å². The second-order valence-corrected chi connectivity index (χ2v) is 8.87. The number of carbonyl (C=O) groups excluding carboxylic acids is 3. The Morgan fingerprint density at radius 2 is 1.58 bits per heavy atom. The molecule has 12 heteroatoms. The topological polar surface area (TPSA) is 200 Å². The SMILES string of the molecule is CC(C)CC(N)C(=O)NC(C(=O)NC(C(=O)NC(Cc1cnc[nH]1)C(=O)O)C(C)C)C(C)O. The van der Waals surface area contributed by atoms with Crippen molar-refractivity contribution in [2.45, 2.75) is 77.7 Å². The number of aromatic nitrogens is 2. The van der Waals surface area contributed by atoms with Crippen molar-refractivity contribution < 1.29 is 29.4 Å². The van der Waals surface area contributed by atoms with E-state index in [-0.39, 0.29) is 12.3 Å². The fourth-order valence-electron chi connectivity index (χ4n) is 3.14. The second-order valence-electron chi connectivity index (χ2n) is 8.87. The number of aliphatic hydroxyl groups excluding tert-OH is 1. The van der Waals surface area contributed by atoms with E-state index in [1.165, 1.54) is 19.4 Å². The van der Waals surface area contributed by atoms with Crippen LogP contribution < -0.4 is 21.7 Å². The zero-order valence-electron chi connectivity index (χ0n) is 19.7. The molecule has 12 nitrogen and oxygen atoms in total. The molecule has 1 rings (SSSR count). The molecule has 186 valence electrons. The number of nitrogens with one attached hydrogen (secondary N) is 4. The third-order valence-corrected chi connectivity index (χ3v) is 4.97. The van der Waals surface area contributed by atoms with Crippen molar-refractivity contribution in [2.75, 3.05) is 0 Å². The largest absolute Gasteiger partial charge is 0.480 e. The number of hydrogen-bond acceptors (Lipinski definition) is 7. The van der Waals surface area contributed by atoms with Crippen LogP contribution in [0.3, 0.4) is 0 Å². The number of aromatic amines is 1. The lowest BCUT2D eigenvalue weighted by molar-refractivity contribution is -0.142. The van der Waals surface area contributed by atoms with Crippen molar-refractivity contribution in [1.29, 1.82) is 0 Å². The number of carboxylic acid groups (broad SMARTS) is 1. The average molecular weight is 469 g/mol. The second kappa shape index (κ2) is 12.9. The van der Waals surface area contributed by atoms with Crippen LogP contribution in [0.25, 0.3) is 0 Å². The number of aliphatic hydroxyl groups is 1. The number of nitrogens with zero attached hydrogens (tertiary/aromatic N) is 1. The van der Waals surface area contributed by atoms with Gasteiger partial charge in [-0.25, -0.2) is 9.78 Å². The van der Waals surface area contributed by atoms with Gasteiger partial charge in [0.15, 0.2) is 0 Å². The van der Waals surface area contributed by atoms with E-state index in [1.807, 2.05) is 13.8 Å². The fraction of sp³-hybridized carbons (Fsp3) is 0.667. The zero-order valence-corrected chi connectivity index (χ0v) is 19.7. The summed E-state index contributed by atoms with van der Waals surface area (Å²) in [6.07, 6.45) is 1.95. The van der Waals surface area contributed by atoms with Crippen LogP contribution in [0.2, 0.25) is 0 Å². The number of rotatable bonds is 13. The maximum Gasteiger partial charge on any atom is 0.326 e. The molecular formula is C21H36N6O6. The van der Waals surface area contributed by atoms with Gasteiger partial charge >= 0.3 is 5.97 Å². The Morgan fingerprint density at radius 3 is 2.03 bits per heavy atom. The smallest absolute Gasteiger partial charge is 0.326 e. The van der Waals surface area contributed by atoms with Gasteiger partial charge < -0.3 is 36.9 Å². The van der Waals surface area contributed by atoms with Gasteiger partial charge in [-0.15, -0.1) is 0 Å². The summed E-state index contributed by atoms with van der Waals surface area (Å²) in [5.74, 6) is -3.60. The van der Waals surface area contributed by atoms with Gasteiger partial charge in [0.05, 0.1) is 18.5 Å². The third kappa shape index (κ3) is 9.18. The molecule has 0 aliphatic rings. The first-order valence-corrected chi connectivity index (χ1v) is 10.9. The highest BCUT2D eigenvalue weighted by atomic mass is 16.4. The molecule has 0 radical (unpaired) electrons. The molecule has 1 aromatic heterocycles. The van der Waals surface area contributed by atoms with Crippen molar-refractivity contribution in [2.24, 2.45) is 17.6 Å². The Kier molecular flexibility index (Phi) is 11.0. The Balaban J connectivity index is 2.89. The van der Waals surface area contributed by atoms with Crippen molar-refractivity contribution in [3.05, 3.63) is 18.2 Å². The molecule has 1 aromatic rings. The van der Waals surface area contributed by atoms with Crippen molar-refractivity contribution in [1.82, 2.24) is 25.9 Å². The molecule has 3 amide bonds. The first-order chi connectivity index (χ1) is 15.3. The van der Waals surface area contributed by atoms with Crippen LogP contribution >= 0.6 is 0 Å². The number of hydrogen-bond donors (Lipinski definition) is 7. The average Bonchev–Trinajstić information content (AvgIpc) is 3.21. The van der Waals surface area contributed by atoms with E-state index in [2.05, 4.69) is 25.9 Å². The highest BCUT2D eigenvalue weighted by molar-refractivity contribution is 5.94. The number of aliphatic carboxylic acids is 1. The minimum atomic E-state index is -1.34. The molecule has 0 bridgehead atoms. The summed E-state index contributed by atoms with van der Waals surface area (Å²) >= 11 is 0. The van der Waals surface area contributed by atoms with Crippen LogP contribution in [0.5, 0.6) is 0 Å². The quantitative estimate of drug-likeness (QED) is 0.189. The van der Waals surface area contributed by atoms with E-state index in [0.717, 1.165) is 0 Å². The Morgan fingerprint density at radius 1 is 1.00 bits per heavy atom. The van der Waals surface area contributed by atoms with Crippen molar-refractivity contribution >= 4 is 23.7 Å². The third-order valence-electron chi connectivity index (χ3n) is 4.97. The van der Waals surface area contributed by atoms with Crippen LogP contribution in [0, 0.1) is 11.8 Å². The van der Waals surface area contributed by atoms with E-state index in [0.29, 0.717) is 12.1 Å². The van der Waals surface area contributed by atoms with Crippen molar-refractivity contribution in [3.8, 4) is 0 Å². The molecule has 5 unspecified atom stereocenters. The molecule has 0 fully saturated rings. The highest BCUT2D eigenvalue weighted by Crippen LogP contribution is 2.07. The molecule has 0 aliphatic heterocycles. The van der Waals surface area contributed by atoms with E-state index < -0.39 is 59.9 Å². The predicted octanol–water partition coefficient (Wildman–Crippen LogP) is -1.10. The van der Waals surface area contributed by atoms with Crippen LogP contribution in [0.1, 0.15) is 46.7 Å². The molecule has 0 aliphatic carbocycles. The summed E-state index contributed by atoms with van der Waals surface area (Å²) in [4.78, 5) is 56.2. The van der Waals surface area contributed by atoms with E-state index in [4.69, 9.17) is 5.73 Å². The summed E-state index contributed by atoms with van der Waals surface area (Å²) in [5.41, 5.74) is 6.37. The first kappa shape index (κ1) is 28.0. The van der Waals surface area contributed by atoms with Crippen LogP contribution in [-0.4, -0.2) is 74.1 Å². The summed E-state index contributed by atoms with van der Waals surface area (Å²) in [7, 11) is 0. The summed E-state index contributed by atoms with van der Waals surface area (Å²) in [6.45, 7) is 8.46. The minimum Gasteiger partial charge on any atom is -0.480 e. The normalized spacial score (nSPS) is 15.9. The van der Waals surface area contributed by atoms with Crippen LogP contribution in [-0.2, 0) is 25.6 Å². The molecule has 5 atom stereocenters. The fourth-order valence-corrected chi connectivity index (χ4v) is 3.14. The summed E-state index contributed by atoms with van der Waals surface area (Å²) in [6, 6.07) is -4.56. The standard InChI is InChI=1S/C21H36N6O6/c1-10(2)6-14(22)18(29)27-17(12(5)28)20(31)26-16(11(3)4)19(30)25-15(21(32)33)7-13-8-23-9-24-13/h8-12,14-17,28H,6-7,22H2,1-5H3,(H,23,24)(H,25,30)(H,26,31)(H,27,29)(H,32,33). The van der Waals surface area contributed by atoms with Gasteiger partial charge in [0, 0.05) is 18.3 Å². The number of carbonyl (C=O) groups is 4. The molecule has 0 saturated heterocycles. The molecule has 33 heavy (non-hydrogen) atoms. The molecule has 8 N–H and O–H groups in total. The van der Waals surface area contributed by atoms with Gasteiger partial charge in [-0.3, -0.25) is 14.4 Å². The molecule has 1 heterocycles. The number of imidazole rings is 1. The van der Waals surface area contributed by atoms with E-state index in [9.17, 15) is 29.4 Å². The highest BCUT2D eigenvalue weighted by Gasteiger charge is 2.33. The van der Waals surface area contributed by atoms with Crippen LogP contribution in [0.15, 0.2) is 12.5 Å². The number of amides is 3. The molecule has 0 aromatic carbocycles. The molecular weight excluding hydrogens is 432 g/mol. The summed E-state index contributed by atoms with van der Waals surface area (Å²) < 4.78 is 0. The van der Waals surface area contributed by atoms with Gasteiger partial charge in [-0.2, -0.15) is 0 Å². The lowest BCUT2D eigenvalue weighted by atomic mass is 10.0. The summed E-state index contributed by atoms with van der Waals surface area (Å²) in [5, 5.41) is 26.9. The minimum absolute atomic E-state index is 0.0278. The van der Waals surface area contributed by atoms with Crippen molar-refractivity contribution in [3.63, 3.8) is 0 Å². The number of H-pyrrole nitrogens is 1.